The highest BCUT2D eigenvalue weighted by atomic mass is 16.2. The van der Waals surface area contributed by atoms with Gasteiger partial charge in [0.25, 0.3) is 23.6 Å². The Labute approximate surface area is 256 Å². The summed E-state index contributed by atoms with van der Waals surface area (Å²) in [5.74, 6) is -1.09. The molecule has 2 aliphatic heterocycles. The molecule has 5 aromatic carbocycles. The standard InChI is InChI=1S/C36H36N4O4/c1-5-37(6-2)18-9-19-39-33(41)25-14-10-21-23-12-16-27-32-28(36(44)40(35(27)43)20-38(7-3)8-4)17-13-24(30(23)32)22-11-15-26(34(39)42)31(25)29(21)22/h10-17H,5-9,18-20H2,1-4H3. The van der Waals surface area contributed by atoms with E-state index in [1.165, 1.54) is 9.80 Å². The molecular weight excluding hydrogens is 552 g/mol. The number of carbonyl (C=O) groups excluding carboxylic acids is 4. The van der Waals surface area contributed by atoms with E-state index < -0.39 is 0 Å². The third kappa shape index (κ3) is 3.90. The maximum absolute atomic E-state index is 13.8. The number of imide groups is 2. The highest BCUT2D eigenvalue weighted by Gasteiger charge is 2.37. The smallest absolute Gasteiger partial charge is 0.262 e. The van der Waals surface area contributed by atoms with E-state index in [2.05, 4.69) is 23.6 Å². The van der Waals surface area contributed by atoms with E-state index in [1.54, 1.807) is 0 Å². The molecule has 0 radical (unpaired) electrons. The first-order chi connectivity index (χ1) is 21.3. The fourth-order valence-electron chi connectivity index (χ4n) is 7.32. The van der Waals surface area contributed by atoms with Gasteiger partial charge in [0, 0.05) is 39.6 Å². The van der Waals surface area contributed by atoms with Crippen LogP contribution in [0.15, 0.2) is 48.5 Å². The number of nitrogens with zero attached hydrogens (tertiary/aromatic N) is 4. The average molecular weight is 589 g/mol. The predicted octanol–water partition coefficient (Wildman–Crippen LogP) is 5.96. The maximum atomic E-state index is 13.8. The van der Waals surface area contributed by atoms with E-state index >= 15 is 0 Å². The van der Waals surface area contributed by atoms with Gasteiger partial charge in [-0.15, -0.1) is 0 Å². The fourth-order valence-corrected chi connectivity index (χ4v) is 7.32. The van der Waals surface area contributed by atoms with Gasteiger partial charge in [-0.05, 0) is 95.7 Å². The molecule has 0 fully saturated rings. The van der Waals surface area contributed by atoms with Gasteiger partial charge in [-0.25, -0.2) is 0 Å². The van der Waals surface area contributed by atoms with Gasteiger partial charge in [-0.1, -0.05) is 52.0 Å². The maximum Gasteiger partial charge on any atom is 0.262 e. The van der Waals surface area contributed by atoms with Crippen molar-refractivity contribution in [3.63, 3.8) is 0 Å². The van der Waals surface area contributed by atoms with E-state index in [-0.39, 0.29) is 30.3 Å². The topological polar surface area (TPSA) is 81.2 Å². The van der Waals surface area contributed by atoms with Crippen LogP contribution in [0.5, 0.6) is 0 Å². The zero-order valence-electron chi connectivity index (χ0n) is 25.7. The summed E-state index contributed by atoms with van der Waals surface area (Å²) in [6.07, 6.45) is 0.720. The van der Waals surface area contributed by atoms with E-state index in [4.69, 9.17) is 0 Å². The summed E-state index contributed by atoms with van der Waals surface area (Å²) < 4.78 is 0. The Kier molecular flexibility index (Phi) is 6.86. The Morgan fingerprint density at radius 1 is 0.477 bits per heavy atom. The van der Waals surface area contributed by atoms with Gasteiger partial charge < -0.3 is 4.90 Å². The molecule has 8 nitrogen and oxygen atoms in total. The molecule has 0 saturated carbocycles. The summed E-state index contributed by atoms with van der Waals surface area (Å²) in [6.45, 7) is 13.0. The molecule has 0 aromatic heterocycles. The summed E-state index contributed by atoms with van der Waals surface area (Å²) in [5.41, 5.74) is 2.11. The second-order valence-electron chi connectivity index (χ2n) is 11.8. The van der Waals surface area contributed by atoms with Gasteiger partial charge in [0.1, 0.15) is 0 Å². The molecule has 2 heterocycles. The van der Waals surface area contributed by atoms with Gasteiger partial charge in [0.15, 0.2) is 0 Å². The van der Waals surface area contributed by atoms with Gasteiger partial charge in [-0.2, -0.15) is 0 Å². The minimum absolute atomic E-state index is 0.247. The molecule has 0 saturated heterocycles. The van der Waals surface area contributed by atoms with Crippen LogP contribution in [-0.2, 0) is 0 Å². The summed E-state index contributed by atoms with van der Waals surface area (Å²) >= 11 is 0. The number of hydrogen-bond donors (Lipinski definition) is 0. The molecule has 224 valence electrons. The quantitative estimate of drug-likeness (QED) is 0.114. The van der Waals surface area contributed by atoms with Crippen molar-refractivity contribution in [1.29, 1.82) is 0 Å². The molecule has 0 spiro atoms. The largest absolute Gasteiger partial charge is 0.304 e. The van der Waals surface area contributed by atoms with Crippen molar-refractivity contribution in [3.05, 3.63) is 70.8 Å². The number of hydrogen-bond acceptors (Lipinski definition) is 6. The van der Waals surface area contributed by atoms with Crippen molar-refractivity contribution < 1.29 is 19.2 Å². The molecule has 0 N–H and O–H groups in total. The van der Waals surface area contributed by atoms with Crippen LogP contribution in [-0.4, -0.2) is 89.2 Å². The number of amides is 4. The zero-order chi connectivity index (χ0) is 30.9. The Bertz CT molecular complexity index is 1900. The summed E-state index contributed by atoms with van der Waals surface area (Å²) in [4.78, 5) is 62.1. The van der Waals surface area contributed by atoms with Gasteiger partial charge >= 0.3 is 0 Å². The first-order valence-electron chi connectivity index (χ1n) is 15.7. The number of fused-ring (bicyclic) bond motifs is 2. The molecule has 2 aliphatic rings. The molecule has 44 heavy (non-hydrogen) atoms. The van der Waals surface area contributed by atoms with E-state index in [9.17, 15) is 19.2 Å². The van der Waals surface area contributed by atoms with Gasteiger partial charge in [-0.3, -0.25) is 33.9 Å². The Morgan fingerprint density at radius 2 is 0.841 bits per heavy atom. The van der Waals surface area contributed by atoms with Crippen LogP contribution in [0.1, 0.15) is 75.5 Å². The molecule has 0 atom stereocenters. The third-order valence-corrected chi connectivity index (χ3v) is 9.79. The van der Waals surface area contributed by atoms with Gasteiger partial charge in [0.05, 0.1) is 6.67 Å². The van der Waals surface area contributed by atoms with Crippen molar-refractivity contribution in [2.75, 3.05) is 45.9 Å². The lowest BCUT2D eigenvalue weighted by Gasteiger charge is -2.32. The fraction of sp³-hybridized carbons (Fsp3) is 0.333. The molecule has 0 bridgehead atoms. The van der Waals surface area contributed by atoms with Crippen LogP contribution in [0, 0.1) is 0 Å². The molecule has 4 amide bonds. The van der Waals surface area contributed by atoms with Crippen molar-refractivity contribution >= 4 is 66.7 Å². The number of rotatable bonds is 10. The summed E-state index contributed by atoms with van der Waals surface area (Å²) in [6, 6.07) is 15.1. The monoisotopic (exact) mass is 588 g/mol. The highest BCUT2D eigenvalue weighted by molar-refractivity contribution is 6.41. The minimum atomic E-state index is -0.286. The lowest BCUT2D eigenvalue weighted by molar-refractivity contribution is 0.0505. The van der Waals surface area contributed by atoms with Crippen molar-refractivity contribution in [2.24, 2.45) is 0 Å². The lowest BCUT2D eigenvalue weighted by Crippen LogP contribution is -2.47. The first-order valence-corrected chi connectivity index (χ1v) is 15.7. The predicted molar refractivity (Wildman–Crippen MR) is 174 cm³/mol. The number of carbonyl (C=O) groups is 4. The van der Waals surface area contributed by atoms with Crippen LogP contribution in [0.2, 0.25) is 0 Å². The molecule has 7 rings (SSSR count). The molecular formula is C36H36N4O4. The minimum Gasteiger partial charge on any atom is -0.304 e. The van der Waals surface area contributed by atoms with Crippen molar-refractivity contribution in [1.82, 2.24) is 19.6 Å². The van der Waals surface area contributed by atoms with E-state index in [1.807, 2.05) is 62.4 Å². The average Bonchev–Trinajstić information content (AvgIpc) is 3.05. The van der Waals surface area contributed by atoms with Crippen LogP contribution >= 0.6 is 0 Å². The molecule has 5 aromatic rings. The third-order valence-electron chi connectivity index (χ3n) is 9.79. The summed E-state index contributed by atoms with van der Waals surface area (Å²) in [7, 11) is 0. The Morgan fingerprint density at radius 3 is 1.20 bits per heavy atom. The second-order valence-corrected chi connectivity index (χ2v) is 11.8. The normalized spacial score (nSPS) is 15.1. The Balaban J connectivity index is 1.39. The van der Waals surface area contributed by atoms with Crippen molar-refractivity contribution in [3.8, 4) is 0 Å². The van der Waals surface area contributed by atoms with Crippen molar-refractivity contribution in [2.45, 2.75) is 34.1 Å². The highest BCUT2D eigenvalue weighted by Crippen LogP contribution is 2.46. The SMILES string of the molecule is CCN(CC)CCCN1C(=O)c2ccc3c4ccc5c6c(ccc(c7ccc(c2c37)C1=O)c64)C(=O)N(CN(CC)CC)C5=O. The van der Waals surface area contributed by atoms with Gasteiger partial charge in [0.2, 0.25) is 0 Å². The molecule has 8 heteroatoms. The molecule has 0 aliphatic carbocycles. The Hall–Kier alpha value is -4.40. The first kappa shape index (κ1) is 28.4. The van der Waals surface area contributed by atoms with Crippen LogP contribution < -0.4 is 0 Å². The van der Waals surface area contributed by atoms with E-state index in [0.29, 0.717) is 39.6 Å². The van der Waals surface area contributed by atoms with Crippen LogP contribution in [0.25, 0.3) is 43.1 Å². The molecule has 0 unspecified atom stereocenters. The van der Waals surface area contributed by atoms with E-state index in [0.717, 1.165) is 71.5 Å². The lowest BCUT2D eigenvalue weighted by atomic mass is 9.82. The summed E-state index contributed by atoms with van der Waals surface area (Å²) in [5, 5.41) is 6.70. The zero-order valence-corrected chi connectivity index (χ0v) is 25.7. The number of benzene rings is 5. The van der Waals surface area contributed by atoms with Crippen LogP contribution in [0.4, 0.5) is 0 Å². The van der Waals surface area contributed by atoms with Crippen LogP contribution in [0.3, 0.4) is 0 Å². The second kappa shape index (κ2) is 10.6.